The average Bonchev–Trinajstić information content (AvgIpc) is 2.55. The van der Waals surface area contributed by atoms with E-state index in [1.54, 1.807) is 12.4 Å². The van der Waals surface area contributed by atoms with Crippen LogP contribution in [0.1, 0.15) is 18.4 Å². The maximum absolute atomic E-state index is 12.3. The van der Waals surface area contributed by atoms with E-state index >= 15 is 0 Å². The van der Waals surface area contributed by atoms with Gasteiger partial charge in [0.2, 0.25) is 5.91 Å². The lowest BCUT2D eigenvalue weighted by atomic mass is 10.0. The summed E-state index contributed by atoms with van der Waals surface area (Å²) in [6, 6.07) is 15.2. The molecule has 1 heterocycles. The summed E-state index contributed by atoms with van der Waals surface area (Å²) in [5, 5.41) is 2.93. The van der Waals surface area contributed by atoms with Gasteiger partial charge in [0.25, 0.3) is 0 Å². The molecule has 2 aromatic carbocycles. The molecule has 0 bridgehead atoms. The Balaban J connectivity index is 1.80. The van der Waals surface area contributed by atoms with E-state index < -0.39 is 0 Å². The number of anilines is 1. The monoisotopic (exact) mass is 277 g/mol. The van der Waals surface area contributed by atoms with Gasteiger partial charge < -0.3 is 5.32 Å². The number of rotatable bonds is 3. The zero-order chi connectivity index (χ0) is 14.7. The van der Waals surface area contributed by atoms with Gasteiger partial charge in [0.1, 0.15) is 0 Å². The van der Waals surface area contributed by atoms with Gasteiger partial charge in [-0.3, -0.25) is 14.8 Å². The standard InChI is InChI=1S/C17H15N3O/c1-12(13-5-3-2-4-6-13)17(21)20-14-7-8-15-16(11-14)19-10-9-18-15/h2-12H,1H3,(H,20,21). The summed E-state index contributed by atoms with van der Waals surface area (Å²) in [7, 11) is 0. The number of nitrogens with zero attached hydrogens (tertiary/aromatic N) is 2. The van der Waals surface area contributed by atoms with Crippen LogP contribution in [0.4, 0.5) is 5.69 Å². The SMILES string of the molecule is CC(C(=O)Nc1ccc2nccnc2c1)c1ccccc1. The molecule has 1 aromatic heterocycles. The van der Waals surface area contributed by atoms with E-state index in [0.29, 0.717) is 0 Å². The van der Waals surface area contributed by atoms with Gasteiger partial charge in [-0.2, -0.15) is 0 Å². The van der Waals surface area contributed by atoms with Gasteiger partial charge in [0, 0.05) is 18.1 Å². The summed E-state index contributed by atoms with van der Waals surface area (Å²) in [5.74, 6) is -0.242. The van der Waals surface area contributed by atoms with Gasteiger partial charge in [-0.15, -0.1) is 0 Å². The van der Waals surface area contributed by atoms with Crippen molar-refractivity contribution in [1.82, 2.24) is 9.97 Å². The molecule has 3 aromatic rings. The second-order valence-corrected chi connectivity index (χ2v) is 4.88. The first-order valence-electron chi connectivity index (χ1n) is 6.80. The molecule has 104 valence electrons. The number of benzene rings is 2. The maximum atomic E-state index is 12.3. The van der Waals surface area contributed by atoms with Crippen molar-refractivity contribution in [2.45, 2.75) is 12.8 Å². The van der Waals surface area contributed by atoms with Crippen molar-refractivity contribution in [3.63, 3.8) is 0 Å². The maximum Gasteiger partial charge on any atom is 0.231 e. The number of hydrogen-bond acceptors (Lipinski definition) is 3. The van der Waals surface area contributed by atoms with Gasteiger partial charge in [-0.25, -0.2) is 0 Å². The van der Waals surface area contributed by atoms with Gasteiger partial charge in [-0.05, 0) is 30.7 Å². The second-order valence-electron chi connectivity index (χ2n) is 4.88. The summed E-state index contributed by atoms with van der Waals surface area (Å²) >= 11 is 0. The summed E-state index contributed by atoms with van der Waals surface area (Å²) in [4.78, 5) is 20.7. The zero-order valence-corrected chi connectivity index (χ0v) is 11.7. The third-order valence-electron chi connectivity index (χ3n) is 3.43. The van der Waals surface area contributed by atoms with Crippen LogP contribution in [0, 0.1) is 0 Å². The van der Waals surface area contributed by atoms with Gasteiger partial charge in [-0.1, -0.05) is 30.3 Å². The fourth-order valence-electron chi connectivity index (χ4n) is 2.18. The lowest BCUT2D eigenvalue weighted by molar-refractivity contribution is -0.117. The van der Waals surface area contributed by atoms with Crippen LogP contribution in [-0.4, -0.2) is 15.9 Å². The predicted octanol–water partition coefficient (Wildman–Crippen LogP) is 3.37. The van der Waals surface area contributed by atoms with Gasteiger partial charge in [0.15, 0.2) is 0 Å². The Hall–Kier alpha value is -2.75. The molecular weight excluding hydrogens is 262 g/mol. The van der Waals surface area contributed by atoms with Gasteiger partial charge >= 0.3 is 0 Å². The highest BCUT2D eigenvalue weighted by molar-refractivity contribution is 5.96. The Labute approximate surface area is 122 Å². The molecule has 0 aliphatic rings. The number of aromatic nitrogens is 2. The first kappa shape index (κ1) is 13.2. The molecule has 4 heteroatoms. The molecule has 0 radical (unpaired) electrons. The van der Waals surface area contributed by atoms with E-state index in [9.17, 15) is 4.79 Å². The number of hydrogen-bond donors (Lipinski definition) is 1. The van der Waals surface area contributed by atoms with Crippen LogP contribution >= 0.6 is 0 Å². The van der Waals surface area contributed by atoms with E-state index in [1.165, 1.54) is 0 Å². The molecule has 0 aliphatic carbocycles. The number of carbonyl (C=O) groups is 1. The summed E-state index contributed by atoms with van der Waals surface area (Å²) in [6.07, 6.45) is 3.29. The molecule has 21 heavy (non-hydrogen) atoms. The van der Waals surface area contributed by atoms with Crippen molar-refractivity contribution in [3.8, 4) is 0 Å². The molecule has 0 saturated carbocycles. The smallest absolute Gasteiger partial charge is 0.231 e. The van der Waals surface area contributed by atoms with Crippen LogP contribution in [0.5, 0.6) is 0 Å². The number of nitrogens with one attached hydrogen (secondary N) is 1. The van der Waals surface area contributed by atoms with E-state index in [-0.39, 0.29) is 11.8 Å². The third-order valence-corrected chi connectivity index (χ3v) is 3.43. The van der Waals surface area contributed by atoms with E-state index in [2.05, 4.69) is 15.3 Å². The highest BCUT2D eigenvalue weighted by Gasteiger charge is 2.15. The molecular formula is C17H15N3O. The van der Waals surface area contributed by atoms with Crippen LogP contribution in [0.2, 0.25) is 0 Å². The normalized spacial score (nSPS) is 12.0. The Morgan fingerprint density at radius 3 is 2.48 bits per heavy atom. The van der Waals surface area contributed by atoms with Crippen LogP contribution < -0.4 is 5.32 Å². The molecule has 1 amide bonds. The summed E-state index contributed by atoms with van der Waals surface area (Å²) < 4.78 is 0. The molecule has 1 atom stereocenters. The van der Waals surface area contributed by atoms with Crippen LogP contribution in [0.3, 0.4) is 0 Å². The first-order chi connectivity index (χ1) is 10.2. The van der Waals surface area contributed by atoms with E-state index in [0.717, 1.165) is 22.3 Å². The summed E-state index contributed by atoms with van der Waals surface area (Å²) in [5.41, 5.74) is 3.31. The summed E-state index contributed by atoms with van der Waals surface area (Å²) in [6.45, 7) is 1.89. The molecule has 0 fully saturated rings. The van der Waals surface area contributed by atoms with Crippen LogP contribution in [0.25, 0.3) is 11.0 Å². The lowest BCUT2D eigenvalue weighted by Crippen LogP contribution is -2.18. The minimum Gasteiger partial charge on any atom is -0.325 e. The Kier molecular flexibility index (Phi) is 3.60. The lowest BCUT2D eigenvalue weighted by Gasteiger charge is -2.12. The van der Waals surface area contributed by atoms with E-state index in [1.807, 2.05) is 55.5 Å². The molecule has 0 aliphatic heterocycles. The van der Waals surface area contributed by atoms with E-state index in [4.69, 9.17) is 0 Å². The highest BCUT2D eigenvalue weighted by Crippen LogP contribution is 2.19. The minimum absolute atomic E-state index is 0.0376. The van der Waals surface area contributed by atoms with Crippen molar-refractivity contribution in [2.75, 3.05) is 5.32 Å². The fourth-order valence-corrected chi connectivity index (χ4v) is 2.18. The van der Waals surface area contributed by atoms with Crippen molar-refractivity contribution < 1.29 is 4.79 Å². The van der Waals surface area contributed by atoms with Crippen molar-refractivity contribution >= 4 is 22.6 Å². The van der Waals surface area contributed by atoms with Crippen molar-refractivity contribution in [2.24, 2.45) is 0 Å². The quantitative estimate of drug-likeness (QED) is 0.798. The zero-order valence-electron chi connectivity index (χ0n) is 11.7. The predicted molar refractivity (Wildman–Crippen MR) is 83.0 cm³/mol. The molecule has 1 unspecified atom stereocenters. The highest BCUT2D eigenvalue weighted by atomic mass is 16.1. The first-order valence-corrected chi connectivity index (χ1v) is 6.80. The second kappa shape index (κ2) is 5.71. The van der Waals surface area contributed by atoms with Crippen molar-refractivity contribution in [1.29, 1.82) is 0 Å². The molecule has 1 N–H and O–H groups in total. The Morgan fingerprint density at radius 2 is 1.71 bits per heavy atom. The number of fused-ring (bicyclic) bond motifs is 1. The minimum atomic E-state index is -0.205. The number of carbonyl (C=O) groups excluding carboxylic acids is 1. The van der Waals surface area contributed by atoms with Crippen LogP contribution in [0.15, 0.2) is 60.9 Å². The van der Waals surface area contributed by atoms with Crippen LogP contribution in [-0.2, 0) is 4.79 Å². The average molecular weight is 277 g/mol. The Bertz CT molecular complexity index is 771. The molecule has 3 rings (SSSR count). The number of amides is 1. The molecule has 0 saturated heterocycles. The largest absolute Gasteiger partial charge is 0.325 e. The third kappa shape index (κ3) is 2.89. The molecule has 4 nitrogen and oxygen atoms in total. The topological polar surface area (TPSA) is 54.9 Å². The molecule has 0 spiro atoms. The van der Waals surface area contributed by atoms with Gasteiger partial charge in [0.05, 0.1) is 17.0 Å². The van der Waals surface area contributed by atoms with Crippen molar-refractivity contribution in [3.05, 3.63) is 66.5 Å². The fraction of sp³-hybridized carbons (Fsp3) is 0.118. The Morgan fingerprint density at radius 1 is 1.00 bits per heavy atom.